The van der Waals surface area contributed by atoms with Crippen LogP contribution >= 0.6 is 11.8 Å². The summed E-state index contributed by atoms with van der Waals surface area (Å²) >= 11 is 0.437. The molecule has 1 N–H and O–H groups in total. The first-order valence-corrected chi connectivity index (χ1v) is 7.28. The smallest absolute Gasteiger partial charge is 0.288 e. The van der Waals surface area contributed by atoms with E-state index in [0.29, 0.717) is 34.3 Å². The van der Waals surface area contributed by atoms with Crippen LogP contribution in [-0.2, 0) is 6.54 Å². The highest BCUT2D eigenvalue weighted by molar-refractivity contribution is 7.99. The molecule has 3 nitrogen and oxygen atoms in total. The first-order valence-electron chi connectivity index (χ1n) is 6.40. The highest BCUT2D eigenvalue weighted by atomic mass is 32.2. The van der Waals surface area contributed by atoms with Crippen LogP contribution in [0.1, 0.15) is 21.5 Å². The van der Waals surface area contributed by atoms with E-state index in [-0.39, 0.29) is 5.91 Å². The second kappa shape index (κ2) is 7.57. The summed E-state index contributed by atoms with van der Waals surface area (Å²) in [7, 11) is 0. The van der Waals surface area contributed by atoms with Gasteiger partial charge in [0.15, 0.2) is 0 Å². The molecule has 0 spiro atoms. The molecule has 0 aromatic heterocycles. The number of hydrogen-bond donors (Lipinski definition) is 1. The lowest BCUT2D eigenvalue weighted by molar-refractivity contribution is 0.0951. The molecule has 2 aromatic carbocycles. The first-order chi connectivity index (χ1) is 10.6. The summed E-state index contributed by atoms with van der Waals surface area (Å²) in [5.41, 5.74) is 1.74. The molecule has 1 amide bonds. The largest absolute Gasteiger partial charge is 0.348 e. The normalized spacial score (nSPS) is 10.3. The van der Waals surface area contributed by atoms with Gasteiger partial charge in [-0.15, -0.1) is 0 Å². The molecule has 0 atom stereocenters. The molecule has 22 heavy (non-hydrogen) atoms. The molecule has 0 fully saturated rings. The minimum Gasteiger partial charge on any atom is -0.348 e. The van der Waals surface area contributed by atoms with Crippen LogP contribution in [0.2, 0.25) is 0 Å². The maximum Gasteiger partial charge on any atom is 0.288 e. The van der Waals surface area contributed by atoms with Gasteiger partial charge in [0.1, 0.15) is 0 Å². The molecule has 0 aliphatic rings. The molecule has 0 unspecified atom stereocenters. The van der Waals surface area contributed by atoms with E-state index in [2.05, 4.69) is 5.32 Å². The van der Waals surface area contributed by atoms with Gasteiger partial charge >= 0.3 is 0 Å². The lowest BCUT2D eigenvalue weighted by atomic mass is 10.1. The molecule has 0 bridgehead atoms. The van der Waals surface area contributed by atoms with Crippen LogP contribution in [0, 0.1) is 11.3 Å². The van der Waals surface area contributed by atoms with E-state index in [1.165, 1.54) is 24.3 Å². The molecular formula is C16H12F2N2OS. The van der Waals surface area contributed by atoms with Crippen LogP contribution in [0.5, 0.6) is 0 Å². The SMILES string of the molecule is N#Cc1cccc(CNC(=O)c2ccc(SC(F)F)cc2)c1. The summed E-state index contributed by atoms with van der Waals surface area (Å²) in [6, 6.07) is 15.0. The lowest BCUT2D eigenvalue weighted by Gasteiger charge is -2.06. The predicted octanol–water partition coefficient (Wildman–Crippen LogP) is 3.80. The first kappa shape index (κ1) is 16.0. The third-order valence-electron chi connectivity index (χ3n) is 2.85. The Morgan fingerprint density at radius 1 is 1.23 bits per heavy atom. The molecule has 6 heteroatoms. The van der Waals surface area contributed by atoms with Crippen molar-refractivity contribution >= 4 is 17.7 Å². The van der Waals surface area contributed by atoms with E-state index in [9.17, 15) is 13.6 Å². The minimum atomic E-state index is -2.48. The molecule has 112 valence electrons. The van der Waals surface area contributed by atoms with E-state index < -0.39 is 5.76 Å². The Morgan fingerprint density at radius 2 is 1.95 bits per heavy atom. The van der Waals surface area contributed by atoms with Crippen molar-refractivity contribution < 1.29 is 13.6 Å². The Balaban J connectivity index is 1.96. The van der Waals surface area contributed by atoms with Gasteiger partial charge in [-0.1, -0.05) is 23.9 Å². The summed E-state index contributed by atoms with van der Waals surface area (Å²) in [4.78, 5) is 12.4. The van der Waals surface area contributed by atoms with Crippen LogP contribution in [0.3, 0.4) is 0 Å². The van der Waals surface area contributed by atoms with E-state index in [1.807, 2.05) is 12.1 Å². The average Bonchev–Trinajstić information content (AvgIpc) is 2.53. The molecule has 2 aromatic rings. The molecule has 0 aliphatic carbocycles. The number of nitriles is 1. The number of nitrogens with zero attached hydrogens (tertiary/aromatic N) is 1. The van der Waals surface area contributed by atoms with Crippen molar-refractivity contribution in [3.63, 3.8) is 0 Å². The van der Waals surface area contributed by atoms with Gasteiger partial charge < -0.3 is 5.32 Å². The summed E-state index contributed by atoms with van der Waals surface area (Å²) < 4.78 is 24.4. The Hall–Kier alpha value is -2.39. The average molecular weight is 318 g/mol. The van der Waals surface area contributed by atoms with E-state index >= 15 is 0 Å². The maximum atomic E-state index is 12.2. The van der Waals surface area contributed by atoms with Crippen LogP contribution in [0.4, 0.5) is 8.78 Å². The second-order valence-corrected chi connectivity index (χ2v) is 5.46. The van der Waals surface area contributed by atoms with Crippen molar-refractivity contribution in [2.45, 2.75) is 17.2 Å². The number of benzene rings is 2. The second-order valence-electron chi connectivity index (χ2n) is 4.40. The molecule has 0 aliphatic heterocycles. The fourth-order valence-electron chi connectivity index (χ4n) is 1.82. The minimum absolute atomic E-state index is 0.294. The topological polar surface area (TPSA) is 52.9 Å². The van der Waals surface area contributed by atoms with Crippen molar-refractivity contribution in [2.75, 3.05) is 0 Å². The summed E-state index contributed by atoms with van der Waals surface area (Å²) in [6.45, 7) is 0.294. The molecule has 0 saturated carbocycles. The Kier molecular flexibility index (Phi) is 5.50. The number of rotatable bonds is 5. The molecular weight excluding hydrogens is 306 g/mol. The zero-order chi connectivity index (χ0) is 15.9. The van der Waals surface area contributed by atoms with E-state index in [0.717, 1.165) is 5.56 Å². The summed E-state index contributed by atoms with van der Waals surface area (Å²) in [5.74, 6) is -2.77. The van der Waals surface area contributed by atoms with Crippen molar-refractivity contribution in [1.29, 1.82) is 5.26 Å². The third-order valence-corrected chi connectivity index (χ3v) is 3.57. The van der Waals surface area contributed by atoms with Crippen molar-refractivity contribution in [3.05, 3.63) is 65.2 Å². The molecule has 0 radical (unpaired) electrons. The highest BCUT2D eigenvalue weighted by Gasteiger charge is 2.08. The summed E-state index contributed by atoms with van der Waals surface area (Å²) in [6.07, 6.45) is 0. The van der Waals surface area contributed by atoms with Gasteiger partial charge in [0.25, 0.3) is 11.7 Å². The number of nitrogens with one attached hydrogen (secondary N) is 1. The molecule has 0 saturated heterocycles. The van der Waals surface area contributed by atoms with Crippen LogP contribution < -0.4 is 5.32 Å². The van der Waals surface area contributed by atoms with Gasteiger partial charge in [-0.05, 0) is 42.0 Å². The quantitative estimate of drug-likeness (QED) is 0.853. The fraction of sp³-hybridized carbons (Fsp3) is 0.125. The lowest BCUT2D eigenvalue weighted by Crippen LogP contribution is -2.22. The highest BCUT2D eigenvalue weighted by Crippen LogP contribution is 2.25. The number of alkyl halides is 2. The zero-order valence-corrected chi connectivity index (χ0v) is 12.2. The monoisotopic (exact) mass is 318 g/mol. The van der Waals surface area contributed by atoms with Crippen molar-refractivity contribution in [3.8, 4) is 6.07 Å². The van der Waals surface area contributed by atoms with Crippen molar-refractivity contribution in [2.24, 2.45) is 0 Å². The van der Waals surface area contributed by atoms with E-state index in [4.69, 9.17) is 5.26 Å². The summed E-state index contributed by atoms with van der Waals surface area (Å²) in [5, 5.41) is 11.5. The number of carbonyl (C=O) groups excluding carboxylic acids is 1. The molecule has 2 rings (SSSR count). The van der Waals surface area contributed by atoms with Gasteiger partial charge in [-0.25, -0.2) is 0 Å². The fourth-order valence-corrected chi connectivity index (χ4v) is 2.32. The Morgan fingerprint density at radius 3 is 2.59 bits per heavy atom. The van der Waals surface area contributed by atoms with Crippen LogP contribution in [-0.4, -0.2) is 11.7 Å². The maximum absolute atomic E-state index is 12.2. The van der Waals surface area contributed by atoms with Gasteiger partial charge in [0, 0.05) is 17.0 Å². The van der Waals surface area contributed by atoms with Gasteiger partial charge in [-0.3, -0.25) is 4.79 Å². The number of hydrogen-bond acceptors (Lipinski definition) is 3. The zero-order valence-electron chi connectivity index (χ0n) is 11.4. The molecule has 0 heterocycles. The predicted molar refractivity (Wildman–Crippen MR) is 80.6 cm³/mol. The van der Waals surface area contributed by atoms with Gasteiger partial charge in [-0.2, -0.15) is 14.0 Å². The van der Waals surface area contributed by atoms with Crippen molar-refractivity contribution in [1.82, 2.24) is 5.32 Å². The van der Waals surface area contributed by atoms with Gasteiger partial charge in [0.2, 0.25) is 0 Å². The van der Waals surface area contributed by atoms with Gasteiger partial charge in [0.05, 0.1) is 11.6 Å². The number of thioether (sulfide) groups is 1. The van der Waals surface area contributed by atoms with Crippen LogP contribution in [0.25, 0.3) is 0 Å². The van der Waals surface area contributed by atoms with E-state index in [1.54, 1.807) is 18.2 Å². The third kappa shape index (κ3) is 4.57. The standard InChI is InChI=1S/C16H12F2N2OS/c17-16(18)22-14-6-4-13(5-7-14)15(21)20-10-12-3-1-2-11(8-12)9-19/h1-8,16H,10H2,(H,20,21). The number of amides is 1. The Labute approximate surface area is 131 Å². The number of carbonyl (C=O) groups is 1. The van der Waals surface area contributed by atoms with Crippen LogP contribution in [0.15, 0.2) is 53.4 Å². The number of halogens is 2. The Bertz CT molecular complexity index is 696.